The highest BCUT2D eigenvalue weighted by atomic mass is 32.2. The van der Waals surface area contributed by atoms with Crippen LogP contribution in [0, 0.1) is 10.1 Å². The van der Waals surface area contributed by atoms with Gasteiger partial charge in [-0.05, 0) is 36.4 Å². The summed E-state index contributed by atoms with van der Waals surface area (Å²) >= 11 is 1.74. The number of nitrogens with zero attached hydrogens (tertiary/aromatic N) is 3. The summed E-state index contributed by atoms with van der Waals surface area (Å²) in [6.45, 7) is 0. The first-order valence-electron chi connectivity index (χ1n) is 8.45. The molecule has 0 aliphatic carbocycles. The smallest absolute Gasteiger partial charge is 0.269 e. The van der Waals surface area contributed by atoms with Crippen LogP contribution in [0.15, 0.2) is 48.5 Å². The number of fused-ring (bicyclic) bond motifs is 1. The normalized spacial score (nSPS) is 12.5. The average molecular weight is 396 g/mol. The number of carbonyl (C=O) groups is 1. The maximum Gasteiger partial charge on any atom is 0.269 e. The van der Waals surface area contributed by atoms with Crippen LogP contribution in [-0.2, 0) is 11.5 Å². The number of nitro benzene ring substituents is 1. The van der Waals surface area contributed by atoms with Crippen LogP contribution in [-0.4, -0.2) is 27.7 Å². The first-order chi connectivity index (χ1) is 13.6. The molecule has 0 radical (unpaired) electrons. The molecule has 142 valence electrons. The van der Waals surface area contributed by atoms with Crippen LogP contribution in [0.1, 0.15) is 21.6 Å². The number of carbonyl (C=O) groups excluding carboxylic acids is 1. The zero-order chi connectivity index (χ0) is 19.7. The summed E-state index contributed by atoms with van der Waals surface area (Å²) in [4.78, 5) is 23.0. The third kappa shape index (κ3) is 3.31. The number of anilines is 1. The second kappa shape index (κ2) is 7.35. The van der Waals surface area contributed by atoms with Crippen LogP contribution in [0.4, 0.5) is 11.5 Å². The molecule has 3 aromatic rings. The van der Waals surface area contributed by atoms with Crippen molar-refractivity contribution in [3.05, 3.63) is 75.5 Å². The van der Waals surface area contributed by atoms with Crippen molar-refractivity contribution in [2.24, 2.45) is 0 Å². The molecular weight excluding hydrogens is 380 g/mol. The van der Waals surface area contributed by atoms with Gasteiger partial charge in [-0.25, -0.2) is 4.68 Å². The van der Waals surface area contributed by atoms with E-state index >= 15 is 0 Å². The van der Waals surface area contributed by atoms with Crippen LogP contribution in [0.5, 0.6) is 5.75 Å². The molecule has 2 aromatic carbocycles. The summed E-state index contributed by atoms with van der Waals surface area (Å²) in [6.07, 6.45) is 0. The Morgan fingerprint density at radius 1 is 1.18 bits per heavy atom. The van der Waals surface area contributed by atoms with E-state index in [0.717, 1.165) is 34.2 Å². The van der Waals surface area contributed by atoms with Crippen molar-refractivity contribution in [1.29, 1.82) is 0 Å². The van der Waals surface area contributed by atoms with E-state index < -0.39 is 4.92 Å². The molecule has 1 aliphatic rings. The van der Waals surface area contributed by atoms with Gasteiger partial charge in [0.25, 0.3) is 11.6 Å². The summed E-state index contributed by atoms with van der Waals surface area (Å²) < 4.78 is 6.91. The first-order valence-corrected chi connectivity index (χ1v) is 9.61. The van der Waals surface area contributed by atoms with Crippen LogP contribution < -0.4 is 10.1 Å². The number of nitro groups is 1. The maximum absolute atomic E-state index is 12.7. The molecule has 0 saturated heterocycles. The molecule has 1 aromatic heterocycles. The monoisotopic (exact) mass is 396 g/mol. The van der Waals surface area contributed by atoms with Gasteiger partial charge in [-0.2, -0.15) is 16.9 Å². The second-order valence-corrected chi connectivity index (χ2v) is 7.12. The Balaban J connectivity index is 1.66. The van der Waals surface area contributed by atoms with Crippen molar-refractivity contribution in [3.8, 4) is 11.4 Å². The number of hydrogen-bond acceptors (Lipinski definition) is 6. The summed E-state index contributed by atoms with van der Waals surface area (Å²) in [5, 5.41) is 18.4. The molecule has 2 heterocycles. The van der Waals surface area contributed by atoms with Crippen molar-refractivity contribution >= 4 is 29.2 Å². The van der Waals surface area contributed by atoms with Crippen molar-refractivity contribution in [1.82, 2.24) is 9.78 Å². The number of nitrogens with one attached hydrogen (secondary N) is 1. The van der Waals surface area contributed by atoms with Gasteiger partial charge in [0, 0.05) is 34.8 Å². The summed E-state index contributed by atoms with van der Waals surface area (Å²) in [5.74, 6) is 2.56. The van der Waals surface area contributed by atoms with E-state index in [1.54, 1.807) is 23.6 Å². The van der Waals surface area contributed by atoms with Gasteiger partial charge in [0.1, 0.15) is 11.6 Å². The summed E-state index contributed by atoms with van der Waals surface area (Å²) in [5.41, 5.74) is 3.03. The minimum absolute atomic E-state index is 0.0582. The molecule has 0 atom stereocenters. The van der Waals surface area contributed by atoms with Gasteiger partial charge in [0.05, 0.1) is 23.4 Å². The van der Waals surface area contributed by atoms with E-state index in [4.69, 9.17) is 4.74 Å². The Kier molecular flexibility index (Phi) is 4.74. The van der Waals surface area contributed by atoms with Gasteiger partial charge in [-0.3, -0.25) is 14.9 Å². The van der Waals surface area contributed by atoms with E-state index in [-0.39, 0.29) is 11.6 Å². The van der Waals surface area contributed by atoms with Gasteiger partial charge in [0.15, 0.2) is 0 Å². The van der Waals surface area contributed by atoms with E-state index in [1.807, 2.05) is 24.3 Å². The summed E-state index contributed by atoms with van der Waals surface area (Å²) in [7, 11) is 1.60. The molecular formula is C19H16N4O4S. The fourth-order valence-electron chi connectivity index (χ4n) is 2.97. The van der Waals surface area contributed by atoms with Crippen molar-refractivity contribution in [3.63, 3.8) is 0 Å². The number of aromatic nitrogens is 2. The number of non-ortho nitro benzene ring substituents is 1. The molecule has 4 rings (SSSR count). The lowest BCUT2D eigenvalue weighted by Gasteiger charge is -2.11. The quantitative estimate of drug-likeness (QED) is 0.520. The number of rotatable bonds is 5. The largest absolute Gasteiger partial charge is 0.497 e. The van der Waals surface area contributed by atoms with Gasteiger partial charge < -0.3 is 10.1 Å². The van der Waals surface area contributed by atoms with E-state index in [2.05, 4.69) is 10.4 Å². The Morgan fingerprint density at radius 2 is 1.89 bits per heavy atom. The highest BCUT2D eigenvalue weighted by Crippen LogP contribution is 2.36. The Bertz CT molecular complexity index is 1050. The third-order valence-corrected chi connectivity index (χ3v) is 5.41. The molecule has 1 N–H and O–H groups in total. The predicted molar refractivity (Wildman–Crippen MR) is 106 cm³/mol. The maximum atomic E-state index is 12.7. The van der Waals surface area contributed by atoms with Gasteiger partial charge in [0.2, 0.25) is 0 Å². The lowest BCUT2D eigenvalue weighted by Crippen LogP contribution is -2.16. The number of methoxy groups -OCH3 is 1. The number of thioether (sulfide) groups is 1. The predicted octanol–water partition coefficient (Wildman–Crippen LogP) is 3.79. The van der Waals surface area contributed by atoms with Gasteiger partial charge >= 0.3 is 0 Å². The zero-order valence-electron chi connectivity index (χ0n) is 14.9. The second-order valence-electron chi connectivity index (χ2n) is 6.13. The standard InChI is InChI=1S/C19H16N4O4S/c1-27-15-8-6-13(7-9-15)22-18(16-10-28-11-17(16)21-22)20-19(24)12-2-4-14(5-3-12)23(25)26/h2-9H,10-11H2,1H3,(H,20,24). The van der Waals surface area contributed by atoms with Crippen LogP contribution in [0.25, 0.3) is 5.69 Å². The molecule has 0 bridgehead atoms. The Morgan fingerprint density at radius 3 is 2.54 bits per heavy atom. The zero-order valence-corrected chi connectivity index (χ0v) is 15.7. The molecule has 9 heteroatoms. The number of hydrogen-bond donors (Lipinski definition) is 1. The van der Waals surface area contributed by atoms with E-state index in [1.165, 1.54) is 24.3 Å². The minimum Gasteiger partial charge on any atom is -0.497 e. The van der Waals surface area contributed by atoms with Crippen LogP contribution in [0.2, 0.25) is 0 Å². The summed E-state index contributed by atoms with van der Waals surface area (Å²) in [6, 6.07) is 12.9. The molecule has 8 nitrogen and oxygen atoms in total. The van der Waals surface area contributed by atoms with Gasteiger partial charge in [-0.15, -0.1) is 0 Å². The first kappa shape index (κ1) is 18.1. The lowest BCUT2D eigenvalue weighted by molar-refractivity contribution is -0.384. The van der Waals surface area contributed by atoms with E-state index in [0.29, 0.717) is 11.4 Å². The fraction of sp³-hybridized carbons (Fsp3) is 0.158. The molecule has 1 amide bonds. The van der Waals surface area contributed by atoms with Gasteiger partial charge in [-0.1, -0.05) is 0 Å². The third-order valence-electron chi connectivity index (χ3n) is 4.44. The minimum atomic E-state index is -0.495. The van der Waals surface area contributed by atoms with Crippen molar-refractivity contribution in [2.45, 2.75) is 11.5 Å². The SMILES string of the molecule is COc1ccc(-n2nc3c(c2NC(=O)c2ccc([N+](=O)[O-])cc2)CSC3)cc1. The average Bonchev–Trinajstić information content (AvgIpc) is 3.31. The molecule has 1 aliphatic heterocycles. The topological polar surface area (TPSA) is 99.3 Å². The fourth-order valence-corrected chi connectivity index (χ4v) is 4.00. The highest BCUT2D eigenvalue weighted by Gasteiger charge is 2.25. The molecule has 0 fully saturated rings. The lowest BCUT2D eigenvalue weighted by atomic mass is 10.2. The van der Waals surface area contributed by atoms with Crippen molar-refractivity contribution < 1.29 is 14.5 Å². The Hall–Kier alpha value is -3.33. The number of amides is 1. The van der Waals surface area contributed by atoms with Crippen LogP contribution >= 0.6 is 11.8 Å². The Labute approximate surface area is 164 Å². The number of benzene rings is 2. The van der Waals surface area contributed by atoms with E-state index in [9.17, 15) is 14.9 Å². The molecule has 28 heavy (non-hydrogen) atoms. The van der Waals surface area contributed by atoms with Crippen molar-refractivity contribution in [2.75, 3.05) is 12.4 Å². The highest BCUT2D eigenvalue weighted by molar-refractivity contribution is 7.98. The molecule has 0 saturated carbocycles. The molecule has 0 spiro atoms. The molecule has 0 unspecified atom stereocenters. The number of ether oxygens (including phenoxy) is 1. The van der Waals surface area contributed by atoms with Crippen LogP contribution in [0.3, 0.4) is 0 Å².